The van der Waals surface area contributed by atoms with E-state index in [9.17, 15) is 9.18 Å². The van der Waals surface area contributed by atoms with E-state index in [0.717, 1.165) is 0 Å². The molecular formula is C23H24ClFN4O4. The fourth-order valence-corrected chi connectivity index (χ4v) is 3.99. The predicted octanol–water partition coefficient (Wildman–Crippen LogP) is 3.89. The number of rotatable bonds is 9. The maximum atomic E-state index is 14.4. The molecule has 0 saturated carbocycles. The number of carbonyl (C=O) groups excluding carboxylic acids is 1. The summed E-state index contributed by atoms with van der Waals surface area (Å²) in [5.74, 6) is 0.538. The summed E-state index contributed by atoms with van der Waals surface area (Å²) in [6.07, 6.45) is 2.14. The number of fused-ring (bicyclic) bond motifs is 1. The maximum absolute atomic E-state index is 14.4. The van der Waals surface area contributed by atoms with Crippen molar-refractivity contribution in [3.63, 3.8) is 0 Å². The molecule has 0 bridgehead atoms. The van der Waals surface area contributed by atoms with Crippen molar-refractivity contribution in [1.29, 1.82) is 0 Å². The third-order valence-corrected chi connectivity index (χ3v) is 5.88. The van der Waals surface area contributed by atoms with Gasteiger partial charge in [0.15, 0.2) is 28.7 Å². The molecule has 1 aliphatic heterocycles. The van der Waals surface area contributed by atoms with Crippen LogP contribution in [0.25, 0.3) is 10.9 Å². The van der Waals surface area contributed by atoms with Crippen LogP contribution in [0.15, 0.2) is 36.7 Å². The average molecular weight is 475 g/mol. The molecule has 2 N–H and O–H groups in total. The molecule has 0 amide bonds. The van der Waals surface area contributed by atoms with Gasteiger partial charge in [0.05, 0.1) is 29.9 Å². The average Bonchev–Trinajstić information content (AvgIpc) is 3.30. The van der Waals surface area contributed by atoms with Crippen LogP contribution in [0, 0.1) is 5.82 Å². The predicted molar refractivity (Wildman–Crippen MR) is 123 cm³/mol. The van der Waals surface area contributed by atoms with Gasteiger partial charge in [-0.25, -0.2) is 14.4 Å². The summed E-state index contributed by atoms with van der Waals surface area (Å²) in [6.45, 7) is 1.37. The minimum absolute atomic E-state index is 0.000222. The van der Waals surface area contributed by atoms with E-state index in [1.807, 2.05) is 0 Å². The van der Waals surface area contributed by atoms with Crippen molar-refractivity contribution in [2.75, 3.05) is 39.2 Å². The molecule has 2 aromatic carbocycles. The van der Waals surface area contributed by atoms with E-state index in [4.69, 9.17) is 25.8 Å². The lowest BCUT2D eigenvalue weighted by atomic mass is 9.94. The summed E-state index contributed by atoms with van der Waals surface area (Å²) in [5, 5.41) is 6.75. The van der Waals surface area contributed by atoms with Crippen LogP contribution < -0.4 is 20.1 Å². The van der Waals surface area contributed by atoms with Gasteiger partial charge < -0.3 is 24.8 Å². The zero-order valence-corrected chi connectivity index (χ0v) is 19.0. The monoisotopic (exact) mass is 474 g/mol. The van der Waals surface area contributed by atoms with Gasteiger partial charge in [-0.3, -0.25) is 4.79 Å². The van der Waals surface area contributed by atoms with E-state index in [1.54, 1.807) is 31.4 Å². The van der Waals surface area contributed by atoms with Gasteiger partial charge in [-0.1, -0.05) is 17.7 Å². The van der Waals surface area contributed by atoms with Gasteiger partial charge in [-0.2, -0.15) is 0 Å². The molecule has 33 heavy (non-hydrogen) atoms. The molecule has 174 valence electrons. The smallest absolute Gasteiger partial charge is 0.180 e. The molecule has 0 spiro atoms. The molecule has 8 nitrogen and oxygen atoms in total. The molecule has 0 radical (unpaired) electrons. The van der Waals surface area contributed by atoms with Crippen molar-refractivity contribution >= 4 is 39.8 Å². The first-order valence-electron chi connectivity index (χ1n) is 10.4. The summed E-state index contributed by atoms with van der Waals surface area (Å²) < 4.78 is 31.3. The Labute approximate surface area is 195 Å². The number of hydrogen-bond donors (Lipinski definition) is 2. The van der Waals surface area contributed by atoms with E-state index >= 15 is 0 Å². The van der Waals surface area contributed by atoms with Crippen molar-refractivity contribution in [2.45, 2.75) is 18.4 Å². The number of anilines is 2. The maximum Gasteiger partial charge on any atom is 0.180 e. The standard InChI is InChI=1S/C23H24ClFN4O4/c1-31-9-6-20(30)23(7-8-26-12-23)33-19-11-17-14(10-18(19)32-2)22(28-13-27-17)29-16-5-3-4-15(24)21(16)25/h3-5,10-11,13,26H,6-9,12H2,1-2H3,(H,27,28,29)/t23-/m1/s1. The number of nitrogens with one attached hydrogen (secondary N) is 2. The van der Waals surface area contributed by atoms with Gasteiger partial charge in [-0.05, 0) is 24.7 Å². The quantitative estimate of drug-likeness (QED) is 0.482. The third-order valence-electron chi connectivity index (χ3n) is 5.59. The van der Waals surface area contributed by atoms with Crippen LogP contribution in [-0.2, 0) is 9.53 Å². The molecule has 10 heteroatoms. The van der Waals surface area contributed by atoms with Crippen molar-refractivity contribution in [1.82, 2.24) is 15.3 Å². The van der Waals surface area contributed by atoms with Crippen LogP contribution in [0.4, 0.5) is 15.9 Å². The molecule has 1 saturated heterocycles. The fourth-order valence-electron chi connectivity index (χ4n) is 3.81. The second-order valence-corrected chi connectivity index (χ2v) is 8.07. The second kappa shape index (κ2) is 9.86. The SMILES string of the molecule is COCCC(=O)[C@@]1(Oc2cc3ncnc(Nc4cccc(Cl)c4F)c3cc2OC)CCNC1. The van der Waals surface area contributed by atoms with Gasteiger partial charge >= 0.3 is 0 Å². The minimum atomic E-state index is -1.02. The number of carbonyl (C=O) groups is 1. The van der Waals surface area contributed by atoms with Crippen molar-refractivity contribution < 1.29 is 23.4 Å². The Morgan fingerprint density at radius 3 is 2.85 bits per heavy atom. The lowest BCUT2D eigenvalue weighted by Crippen LogP contribution is -2.47. The van der Waals surface area contributed by atoms with E-state index in [2.05, 4.69) is 20.6 Å². The normalized spacial score (nSPS) is 17.8. The lowest BCUT2D eigenvalue weighted by molar-refractivity contribution is -0.134. The molecule has 1 atom stereocenters. The van der Waals surface area contributed by atoms with Crippen LogP contribution >= 0.6 is 11.6 Å². The Hall–Kier alpha value is -3.01. The Bertz CT molecular complexity index is 1170. The first-order valence-corrected chi connectivity index (χ1v) is 10.8. The van der Waals surface area contributed by atoms with Crippen LogP contribution in [0.3, 0.4) is 0 Å². The summed E-state index contributed by atoms with van der Waals surface area (Å²) in [5.41, 5.74) is -0.296. The molecule has 1 aromatic heterocycles. The summed E-state index contributed by atoms with van der Waals surface area (Å²) in [6, 6.07) is 8.06. The first kappa shape index (κ1) is 23.2. The van der Waals surface area contributed by atoms with Gasteiger partial charge in [-0.15, -0.1) is 0 Å². The summed E-state index contributed by atoms with van der Waals surface area (Å²) in [4.78, 5) is 21.5. The van der Waals surface area contributed by atoms with Crippen LogP contribution in [0.1, 0.15) is 12.8 Å². The number of methoxy groups -OCH3 is 2. The Morgan fingerprint density at radius 1 is 1.27 bits per heavy atom. The Balaban J connectivity index is 1.71. The molecule has 2 heterocycles. The number of ether oxygens (including phenoxy) is 3. The number of hydrogen-bond acceptors (Lipinski definition) is 8. The first-order chi connectivity index (χ1) is 16.0. The van der Waals surface area contributed by atoms with Gasteiger partial charge in [0.2, 0.25) is 0 Å². The molecule has 0 unspecified atom stereocenters. The number of halogens is 2. The number of nitrogens with zero attached hydrogens (tertiary/aromatic N) is 2. The van der Waals surface area contributed by atoms with E-state index in [-0.39, 0.29) is 22.9 Å². The fraction of sp³-hybridized carbons (Fsp3) is 0.348. The molecule has 0 aliphatic carbocycles. The van der Waals surface area contributed by atoms with Crippen molar-refractivity contribution in [2.24, 2.45) is 0 Å². The van der Waals surface area contributed by atoms with Crippen LogP contribution in [0.2, 0.25) is 5.02 Å². The van der Waals surface area contributed by atoms with E-state index < -0.39 is 11.4 Å². The van der Waals surface area contributed by atoms with Crippen molar-refractivity contribution in [3.05, 3.63) is 47.5 Å². The van der Waals surface area contributed by atoms with Crippen molar-refractivity contribution in [3.8, 4) is 11.5 Å². The highest BCUT2D eigenvalue weighted by molar-refractivity contribution is 6.31. The van der Waals surface area contributed by atoms with Gasteiger partial charge in [0.25, 0.3) is 0 Å². The van der Waals surface area contributed by atoms with E-state index in [0.29, 0.717) is 54.3 Å². The molecule has 4 rings (SSSR count). The number of ketones is 1. The lowest BCUT2D eigenvalue weighted by Gasteiger charge is -2.29. The van der Waals surface area contributed by atoms with Gasteiger partial charge in [0.1, 0.15) is 12.1 Å². The largest absolute Gasteiger partial charge is 0.493 e. The second-order valence-electron chi connectivity index (χ2n) is 7.66. The minimum Gasteiger partial charge on any atom is -0.493 e. The van der Waals surface area contributed by atoms with Gasteiger partial charge in [0, 0.05) is 37.9 Å². The zero-order valence-electron chi connectivity index (χ0n) is 18.3. The highest BCUT2D eigenvalue weighted by Crippen LogP contribution is 2.38. The highest BCUT2D eigenvalue weighted by atomic mass is 35.5. The molecule has 1 fully saturated rings. The Kier molecular flexibility index (Phi) is 6.92. The topological polar surface area (TPSA) is 94.6 Å². The molecule has 1 aliphatic rings. The number of benzene rings is 2. The zero-order chi connectivity index (χ0) is 23.4. The highest BCUT2D eigenvalue weighted by Gasteiger charge is 2.43. The van der Waals surface area contributed by atoms with E-state index in [1.165, 1.54) is 19.5 Å². The van der Waals surface area contributed by atoms with Crippen LogP contribution in [-0.4, -0.2) is 55.3 Å². The molecule has 3 aromatic rings. The number of Topliss-reactive ketones (excluding diaryl/α,β-unsaturated/α-hetero) is 1. The summed E-state index contributed by atoms with van der Waals surface area (Å²) in [7, 11) is 3.06. The number of aromatic nitrogens is 2. The molecular weight excluding hydrogens is 451 g/mol. The van der Waals surface area contributed by atoms with Crippen LogP contribution in [0.5, 0.6) is 11.5 Å². The third kappa shape index (κ3) is 4.71. The summed E-state index contributed by atoms with van der Waals surface area (Å²) >= 11 is 5.89. The Morgan fingerprint density at radius 2 is 2.12 bits per heavy atom.